The molecule has 2 aromatic heterocycles. The van der Waals surface area contributed by atoms with Crippen molar-refractivity contribution in [2.24, 2.45) is 0 Å². The molecule has 0 spiro atoms. The van der Waals surface area contributed by atoms with E-state index >= 15 is 0 Å². The van der Waals surface area contributed by atoms with E-state index < -0.39 is 0 Å². The van der Waals surface area contributed by atoms with E-state index in [2.05, 4.69) is 4.98 Å². The van der Waals surface area contributed by atoms with Crippen molar-refractivity contribution < 1.29 is 9.21 Å². The molecule has 2 aromatic rings. The fraction of sp³-hybridized carbons (Fsp3) is 0.267. The lowest BCUT2D eigenvalue weighted by molar-refractivity contribution is 0.0789. The molecule has 0 fully saturated rings. The van der Waals surface area contributed by atoms with Crippen LogP contribution in [0.25, 0.3) is 0 Å². The number of likely N-dealkylation sites (N-methyl/N-ethyl adjacent to an activating group) is 1. The number of hydrogen-bond donors (Lipinski definition) is 0. The number of carbonyl (C=O) groups is 1. The third-order valence-corrected chi connectivity index (χ3v) is 2.95. The van der Waals surface area contributed by atoms with Gasteiger partial charge < -0.3 is 9.32 Å². The second kappa shape index (κ2) is 6.02. The highest BCUT2D eigenvalue weighted by Crippen LogP contribution is 2.08. The van der Waals surface area contributed by atoms with Crippen LogP contribution < -0.4 is 0 Å². The highest BCUT2D eigenvalue weighted by atomic mass is 16.3. The Labute approximate surface area is 117 Å². The average Bonchev–Trinajstić information content (AvgIpc) is 2.89. The zero-order valence-corrected chi connectivity index (χ0v) is 11.5. The van der Waals surface area contributed by atoms with Crippen LogP contribution in [0.2, 0.25) is 0 Å². The van der Waals surface area contributed by atoms with Gasteiger partial charge in [0.1, 0.15) is 23.3 Å². The van der Waals surface area contributed by atoms with E-state index in [4.69, 9.17) is 9.68 Å². The fourth-order valence-electron chi connectivity index (χ4n) is 1.78. The molecule has 0 N–H and O–H groups in total. The number of furan rings is 1. The van der Waals surface area contributed by atoms with E-state index in [9.17, 15) is 4.79 Å². The van der Waals surface area contributed by atoms with E-state index in [1.54, 1.807) is 24.1 Å². The van der Waals surface area contributed by atoms with Gasteiger partial charge in [-0.05, 0) is 31.2 Å². The van der Waals surface area contributed by atoms with E-state index in [1.165, 1.54) is 6.20 Å². The van der Waals surface area contributed by atoms with Crippen LogP contribution in [0.3, 0.4) is 0 Å². The van der Waals surface area contributed by atoms with E-state index in [0.29, 0.717) is 24.2 Å². The SMILES string of the molecule is Cc1ccc(CCN(C)C(=O)c2ccc(C#N)cn2)o1. The molecule has 0 radical (unpaired) electrons. The van der Waals surface area contributed by atoms with Crippen LogP contribution in [0.4, 0.5) is 0 Å². The Bertz CT molecular complexity index is 638. The summed E-state index contributed by atoms with van der Waals surface area (Å²) < 4.78 is 5.46. The van der Waals surface area contributed by atoms with Crippen molar-refractivity contribution in [3.05, 3.63) is 53.2 Å². The van der Waals surface area contributed by atoms with Gasteiger partial charge in [-0.2, -0.15) is 5.26 Å². The Kier molecular flexibility index (Phi) is 4.16. The van der Waals surface area contributed by atoms with Gasteiger partial charge in [0.2, 0.25) is 0 Å². The summed E-state index contributed by atoms with van der Waals surface area (Å²) in [6.45, 7) is 2.44. The molecule has 1 amide bonds. The molecule has 2 heterocycles. The number of hydrogen-bond acceptors (Lipinski definition) is 4. The molecule has 5 nitrogen and oxygen atoms in total. The van der Waals surface area contributed by atoms with Crippen LogP contribution in [0.15, 0.2) is 34.9 Å². The molecule has 0 aromatic carbocycles. The minimum Gasteiger partial charge on any atom is -0.466 e. The standard InChI is InChI=1S/C15H15N3O2/c1-11-3-5-13(20-11)7-8-18(2)15(19)14-6-4-12(9-16)10-17-14/h3-6,10H,7-8H2,1-2H3. The molecule has 20 heavy (non-hydrogen) atoms. The van der Waals surface area contributed by atoms with Gasteiger partial charge in [-0.3, -0.25) is 4.79 Å². The van der Waals surface area contributed by atoms with Crippen LogP contribution >= 0.6 is 0 Å². The van der Waals surface area contributed by atoms with Gasteiger partial charge in [-0.15, -0.1) is 0 Å². The summed E-state index contributed by atoms with van der Waals surface area (Å²) in [5.41, 5.74) is 0.775. The van der Waals surface area contributed by atoms with Crippen LogP contribution in [0, 0.1) is 18.3 Å². The van der Waals surface area contributed by atoms with Gasteiger partial charge in [0.15, 0.2) is 0 Å². The summed E-state index contributed by atoms with van der Waals surface area (Å²) >= 11 is 0. The van der Waals surface area contributed by atoms with Gasteiger partial charge in [-0.25, -0.2) is 4.98 Å². The number of nitriles is 1. The first-order valence-electron chi connectivity index (χ1n) is 6.27. The zero-order chi connectivity index (χ0) is 14.5. The van der Waals surface area contributed by atoms with Crippen molar-refractivity contribution in [1.29, 1.82) is 5.26 Å². The van der Waals surface area contributed by atoms with E-state index in [0.717, 1.165) is 11.5 Å². The fourth-order valence-corrected chi connectivity index (χ4v) is 1.78. The topological polar surface area (TPSA) is 70.1 Å². The first kappa shape index (κ1) is 13.8. The van der Waals surface area contributed by atoms with Gasteiger partial charge in [0.05, 0.1) is 5.56 Å². The van der Waals surface area contributed by atoms with Crippen molar-refractivity contribution >= 4 is 5.91 Å². The first-order valence-corrected chi connectivity index (χ1v) is 6.27. The molecule has 5 heteroatoms. The molecule has 0 aliphatic rings. The molecule has 0 aliphatic heterocycles. The molecular formula is C15H15N3O2. The third-order valence-electron chi connectivity index (χ3n) is 2.95. The molecule has 0 atom stereocenters. The minimum atomic E-state index is -0.169. The van der Waals surface area contributed by atoms with Crippen LogP contribution in [0.5, 0.6) is 0 Å². The van der Waals surface area contributed by atoms with Crippen LogP contribution in [-0.4, -0.2) is 29.4 Å². The number of aryl methyl sites for hydroxylation is 1. The highest BCUT2D eigenvalue weighted by Gasteiger charge is 2.13. The number of rotatable bonds is 4. The number of pyridine rings is 1. The Balaban J connectivity index is 1.95. The summed E-state index contributed by atoms with van der Waals surface area (Å²) in [6, 6.07) is 8.94. The highest BCUT2D eigenvalue weighted by molar-refractivity contribution is 5.92. The summed E-state index contributed by atoms with van der Waals surface area (Å²) in [5.74, 6) is 1.55. The predicted molar refractivity (Wildman–Crippen MR) is 73.1 cm³/mol. The number of nitrogens with zero attached hydrogens (tertiary/aromatic N) is 3. The third kappa shape index (κ3) is 3.23. The number of amides is 1. The second-order valence-electron chi connectivity index (χ2n) is 4.53. The minimum absolute atomic E-state index is 0.169. The lowest BCUT2D eigenvalue weighted by Gasteiger charge is -2.15. The Morgan fingerprint density at radius 3 is 2.75 bits per heavy atom. The predicted octanol–water partition coefficient (Wildman–Crippen LogP) is 2.17. The normalized spacial score (nSPS) is 10.1. The molecular weight excluding hydrogens is 254 g/mol. The summed E-state index contributed by atoms with van der Waals surface area (Å²) in [4.78, 5) is 17.7. The van der Waals surface area contributed by atoms with Crippen molar-refractivity contribution in [2.45, 2.75) is 13.3 Å². The monoisotopic (exact) mass is 269 g/mol. The molecule has 0 aliphatic carbocycles. The van der Waals surface area contributed by atoms with Gasteiger partial charge in [0, 0.05) is 26.2 Å². The Hall–Kier alpha value is -2.61. The average molecular weight is 269 g/mol. The zero-order valence-electron chi connectivity index (χ0n) is 11.5. The Morgan fingerprint density at radius 1 is 1.40 bits per heavy atom. The molecule has 0 bridgehead atoms. The molecule has 0 saturated carbocycles. The van der Waals surface area contributed by atoms with E-state index in [1.807, 2.05) is 25.1 Å². The number of aromatic nitrogens is 1. The maximum absolute atomic E-state index is 12.1. The van der Waals surface area contributed by atoms with E-state index in [-0.39, 0.29) is 5.91 Å². The maximum Gasteiger partial charge on any atom is 0.272 e. The molecule has 102 valence electrons. The van der Waals surface area contributed by atoms with Crippen molar-refractivity contribution in [3.8, 4) is 6.07 Å². The molecule has 2 rings (SSSR count). The second-order valence-corrected chi connectivity index (χ2v) is 4.53. The molecule has 0 unspecified atom stereocenters. The van der Waals surface area contributed by atoms with Gasteiger partial charge in [-0.1, -0.05) is 0 Å². The summed E-state index contributed by atoms with van der Waals surface area (Å²) in [5, 5.41) is 8.69. The molecule has 0 saturated heterocycles. The lowest BCUT2D eigenvalue weighted by Crippen LogP contribution is -2.29. The number of carbonyl (C=O) groups excluding carboxylic acids is 1. The maximum atomic E-state index is 12.1. The quantitative estimate of drug-likeness (QED) is 0.852. The van der Waals surface area contributed by atoms with Crippen molar-refractivity contribution in [3.63, 3.8) is 0 Å². The largest absolute Gasteiger partial charge is 0.466 e. The summed E-state index contributed by atoms with van der Waals surface area (Å²) in [7, 11) is 1.72. The first-order chi connectivity index (χ1) is 9.60. The van der Waals surface area contributed by atoms with Crippen molar-refractivity contribution in [1.82, 2.24) is 9.88 Å². The summed E-state index contributed by atoms with van der Waals surface area (Å²) in [6.07, 6.45) is 2.06. The van der Waals surface area contributed by atoms with Gasteiger partial charge in [0.25, 0.3) is 5.91 Å². The Morgan fingerprint density at radius 2 is 2.20 bits per heavy atom. The van der Waals surface area contributed by atoms with Gasteiger partial charge >= 0.3 is 0 Å². The van der Waals surface area contributed by atoms with Crippen LogP contribution in [0.1, 0.15) is 27.6 Å². The van der Waals surface area contributed by atoms with Crippen LogP contribution in [-0.2, 0) is 6.42 Å². The van der Waals surface area contributed by atoms with Crippen molar-refractivity contribution in [2.75, 3.05) is 13.6 Å². The smallest absolute Gasteiger partial charge is 0.272 e. The lowest BCUT2D eigenvalue weighted by atomic mass is 10.2.